The van der Waals surface area contributed by atoms with Crippen LogP contribution in [-0.2, 0) is 4.79 Å². The molecule has 1 fully saturated rings. The van der Waals surface area contributed by atoms with Crippen LogP contribution in [0.1, 0.15) is 6.92 Å². The monoisotopic (exact) mass is 252 g/mol. The second-order valence-corrected chi connectivity index (χ2v) is 5.17. The van der Waals surface area contributed by atoms with E-state index in [9.17, 15) is 4.79 Å². The molecule has 6 heteroatoms. The van der Waals surface area contributed by atoms with Gasteiger partial charge in [0, 0.05) is 38.6 Å². The number of rotatable bonds is 3. The van der Waals surface area contributed by atoms with Gasteiger partial charge in [-0.1, -0.05) is 11.8 Å². The van der Waals surface area contributed by atoms with Crippen molar-refractivity contribution in [1.29, 1.82) is 0 Å². The Balaban J connectivity index is 1.90. The summed E-state index contributed by atoms with van der Waals surface area (Å²) >= 11 is 1.41. The lowest BCUT2D eigenvalue weighted by Gasteiger charge is -2.29. The summed E-state index contributed by atoms with van der Waals surface area (Å²) in [6.07, 6.45) is 3.38. The first kappa shape index (κ1) is 12.3. The molecule has 1 aliphatic heterocycles. The minimum absolute atomic E-state index is 0.129. The van der Waals surface area contributed by atoms with Crippen LogP contribution in [0.4, 0.5) is 0 Å². The van der Waals surface area contributed by atoms with E-state index >= 15 is 0 Å². The molecule has 0 spiro atoms. The van der Waals surface area contributed by atoms with Crippen molar-refractivity contribution in [3.63, 3.8) is 0 Å². The maximum atomic E-state index is 12.1. The van der Waals surface area contributed by atoms with Crippen molar-refractivity contribution in [1.82, 2.24) is 20.2 Å². The standard InChI is InChI=1S/C11H16N4OS/c1-9(17-11-13-3-2-4-14-11)10(16)15-7-5-12-6-8-15/h2-4,9,12H,5-8H2,1H3. The molecule has 1 aromatic rings. The van der Waals surface area contributed by atoms with E-state index < -0.39 is 0 Å². The van der Waals surface area contributed by atoms with E-state index in [1.54, 1.807) is 18.5 Å². The van der Waals surface area contributed by atoms with E-state index in [1.165, 1.54) is 11.8 Å². The van der Waals surface area contributed by atoms with Crippen molar-refractivity contribution in [2.45, 2.75) is 17.3 Å². The number of piperazine rings is 1. The number of nitrogens with one attached hydrogen (secondary N) is 1. The highest BCUT2D eigenvalue weighted by molar-refractivity contribution is 8.00. The fourth-order valence-electron chi connectivity index (χ4n) is 1.70. The van der Waals surface area contributed by atoms with Gasteiger partial charge in [0.2, 0.25) is 5.91 Å². The molecule has 0 aromatic carbocycles. The molecule has 0 saturated carbocycles. The minimum Gasteiger partial charge on any atom is -0.339 e. The lowest BCUT2D eigenvalue weighted by Crippen LogP contribution is -2.48. The molecule has 1 aromatic heterocycles. The lowest BCUT2D eigenvalue weighted by molar-refractivity contribution is -0.130. The molecular weight excluding hydrogens is 236 g/mol. The molecular formula is C11H16N4OS. The SMILES string of the molecule is CC(Sc1ncccn1)C(=O)N1CCNCC1. The molecule has 2 heterocycles. The van der Waals surface area contributed by atoms with Crippen LogP contribution in [0.15, 0.2) is 23.6 Å². The van der Waals surface area contributed by atoms with Crippen LogP contribution in [0.25, 0.3) is 0 Å². The third-order valence-corrected chi connectivity index (χ3v) is 3.58. The van der Waals surface area contributed by atoms with Crippen molar-refractivity contribution in [3.8, 4) is 0 Å². The minimum atomic E-state index is -0.129. The molecule has 2 rings (SSSR count). The molecule has 0 bridgehead atoms. The summed E-state index contributed by atoms with van der Waals surface area (Å²) in [5.74, 6) is 0.170. The van der Waals surface area contributed by atoms with Gasteiger partial charge in [-0.15, -0.1) is 0 Å². The molecule has 1 unspecified atom stereocenters. The molecule has 1 saturated heterocycles. The number of carbonyl (C=O) groups excluding carboxylic acids is 1. The quantitative estimate of drug-likeness (QED) is 0.623. The molecule has 0 radical (unpaired) electrons. The number of hydrogen-bond acceptors (Lipinski definition) is 5. The van der Waals surface area contributed by atoms with Crippen molar-refractivity contribution < 1.29 is 4.79 Å². The van der Waals surface area contributed by atoms with Crippen LogP contribution < -0.4 is 5.32 Å². The van der Waals surface area contributed by atoms with Gasteiger partial charge < -0.3 is 10.2 Å². The summed E-state index contributed by atoms with van der Waals surface area (Å²) in [6.45, 7) is 5.25. The van der Waals surface area contributed by atoms with E-state index in [-0.39, 0.29) is 11.2 Å². The van der Waals surface area contributed by atoms with Gasteiger partial charge >= 0.3 is 0 Å². The molecule has 1 N–H and O–H groups in total. The smallest absolute Gasteiger partial charge is 0.235 e. The Bertz CT molecular complexity index is 367. The first-order valence-electron chi connectivity index (χ1n) is 5.70. The predicted octanol–water partition coefficient (Wildman–Crippen LogP) is 0.389. The average molecular weight is 252 g/mol. The summed E-state index contributed by atoms with van der Waals surface area (Å²) < 4.78 is 0. The molecule has 17 heavy (non-hydrogen) atoms. The average Bonchev–Trinajstić information content (AvgIpc) is 2.40. The Morgan fingerprint density at radius 2 is 2.06 bits per heavy atom. The van der Waals surface area contributed by atoms with Crippen LogP contribution in [-0.4, -0.2) is 52.2 Å². The van der Waals surface area contributed by atoms with Gasteiger partial charge in [0.1, 0.15) is 0 Å². The third-order valence-electron chi connectivity index (χ3n) is 2.60. The number of aromatic nitrogens is 2. The Labute approximate surface area is 105 Å². The first-order chi connectivity index (χ1) is 8.27. The summed E-state index contributed by atoms with van der Waals surface area (Å²) in [7, 11) is 0. The van der Waals surface area contributed by atoms with Gasteiger partial charge in [0.25, 0.3) is 0 Å². The second kappa shape index (κ2) is 5.97. The fourth-order valence-corrected chi connectivity index (χ4v) is 2.51. The number of thioether (sulfide) groups is 1. The van der Waals surface area contributed by atoms with E-state index in [2.05, 4.69) is 15.3 Å². The van der Waals surface area contributed by atoms with E-state index in [0.29, 0.717) is 5.16 Å². The van der Waals surface area contributed by atoms with Crippen molar-refractivity contribution >= 4 is 17.7 Å². The van der Waals surface area contributed by atoms with Crippen LogP contribution in [0.5, 0.6) is 0 Å². The van der Waals surface area contributed by atoms with Gasteiger partial charge in [-0.3, -0.25) is 4.79 Å². The highest BCUT2D eigenvalue weighted by Gasteiger charge is 2.23. The normalized spacial score (nSPS) is 17.8. The summed E-state index contributed by atoms with van der Waals surface area (Å²) in [5.41, 5.74) is 0. The summed E-state index contributed by atoms with van der Waals surface area (Å²) in [4.78, 5) is 22.3. The van der Waals surface area contributed by atoms with Crippen LogP contribution in [0.2, 0.25) is 0 Å². The topological polar surface area (TPSA) is 58.1 Å². The third kappa shape index (κ3) is 3.41. The van der Waals surface area contributed by atoms with E-state index in [4.69, 9.17) is 0 Å². The zero-order valence-corrected chi connectivity index (χ0v) is 10.6. The van der Waals surface area contributed by atoms with Gasteiger partial charge in [0.15, 0.2) is 5.16 Å². The molecule has 1 amide bonds. The van der Waals surface area contributed by atoms with Gasteiger partial charge in [-0.25, -0.2) is 9.97 Å². The highest BCUT2D eigenvalue weighted by atomic mass is 32.2. The van der Waals surface area contributed by atoms with Crippen LogP contribution in [0.3, 0.4) is 0 Å². The number of carbonyl (C=O) groups is 1. The summed E-state index contributed by atoms with van der Waals surface area (Å²) in [5, 5.41) is 3.76. The van der Waals surface area contributed by atoms with Gasteiger partial charge in [-0.05, 0) is 13.0 Å². The van der Waals surface area contributed by atoms with Crippen LogP contribution in [0, 0.1) is 0 Å². The Morgan fingerprint density at radius 3 is 2.71 bits per heavy atom. The zero-order valence-electron chi connectivity index (χ0n) is 9.80. The van der Waals surface area contributed by atoms with E-state index in [0.717, 1.165) is 26.2 Å². The van der Waals surface area contributed by atoms with Crippen molar-refractivity contribution in [3.05, 3.63) is 18.5 Å². The molecule has 5 nitrogen and oxygen atoms in total. The lowest BCUT2D eigenvalue weighted by atomic mass is 10.3. The Morgan fingerprint density at radius 1 is 1.41 bits per heavy atom. The largest absolute Gasteiger partial charge is 0.339 e. The molecule has 0 aliphatic carbocycles. The van der Waals surface area contributed by atoms with E-state index in [1.807, 2.05) is 11.8 Å². The predicted molar refractivity (Wildman–Crippen MR) is 66.8 cm³/mol. The zero-order chi connectivity index (χ0) is 12.1. The van der Waals surface area contributed by atoms with Crippen LogP contribution >= 0.6 is 11.8 Å². The summed E-state index contributed by atoms with van der Waals surface area (Å²) in [6, 6.07) is 1.77. The Kier molecular flexibility index (Phi) is 4.33. The molecule has 1 atom stereocenters. The van der Waals surface area contributed by atoms with Gasteiger partial charge in [-0.2, -0.15) is 0 Å². The molecule has 1 aliphatic rings. The fraction of sp³-hybridized carbons (Fsp3) is 0.545. The first-order valence-corrected chi connectivity index (χ1v) is 6.58. The van der Waals surface area contributed by atoms with Crippen molar-refractivity contribution in [2.24, 2.45) is 0 Å². The van der Waals surface area contributed by atoms with Crippen molar-refractivity contribution in [2.75, 3.05) is 26.2 Å². The number of nitrogens with zero attached hydrogens (tertiary/aromatic N) is 3. The second-order valence-electron chi connectivity index (χ2n) is 3.87. The maximum Gasteiger partial charge on any atom is 0.235 e. The molecule has 92 valence electrons. The highest BCUT2D eigenvalue weighted by Crippen LogP contribution is 2.20. The number of hydrogen-bond donors (Lipinski definition) is 1. The maximum absolute atomic E-state index is 12.1. The Hall–Kier alpha value is -1.14. The van der Waals surface area contributed by atoms with Gasteiger partial charge in [0.05, 0.1) is 5.25 Å². The number of amides is 1.